The van der Waals surface area contributed by atoms with Gasteiger partial charge >= 0.3 is 5.97 Å². The summed E-state index contributed by atoms with van der Waals surface area (Å²) < 4.78 is 6.05. The van der Waals surface area contributed by atoms with Crippen molar-refractivity contribution in [2.24, 2.45) is 5.92 Å². The highest BCUT2D eigenvalue weighted by Gasteiger charge is 2.33. The minimum Gasteiger partial charge on any atom is -0.481 e. The van der Waals surface area contributed by atoms with Crippen molar-refractivity contribution in [2.45, 2.75) is 58.5 Å². The molecule has 0 spiro atoms. The maximum absolute atomic E-state index is 11.4. The Bertz CT molecular complexity index is 754. The summed E-state index contributed by atoms with van der Waals surface area (Å²) in [6.07, 6.45) is 1.68. The van der Waals surface area contributed by atoms with Crippen molar-refractivity contribution >= 4 is 5.97 Å². The van der Waals surface area contributed by atoms with Gasteiger partial charge in [-0.15, -0.1) is 0 Å². The number of carboxylic acids is 1. The minimum atomic E-state index is -0.693. The van der Waals surface area contributed by atoms with Crippen LogP contribution in [0.3, 0.4) is 0 Å². The maximum Gasteiger partial charge on any atom is 0.308 e. The summed E-state index contributed by atoms with van der Waals surface area (Å²) in [6.45, 7) is 10.2. The number of furan rings is 1. The first kappa shape index (κ1) is 18.7. The first-order valence-corrected chi connectivity index (χ1v) is 9.42. The molecule has 4 heteroatoms. The topological polar surface area (TPSA) is 53.7 Å². The lowest BCUT2D eigenvalue weighted by molar-refractivity contribution is -0.145. The van der Waals surface area contributed by atoms with Crippen molar-refractivity contribution in [3.63, 3.8) is 0 Å². The van der Waals surface area contributed by atoms with Gasteiger partial charge in [0, 0.05) is 11.6 Å². The Labute approximate surface area is 155 Å². The summed E-state index contributed by atoms with van der Waals surface area (Å²) in [6, 6.07) is 12.6. The second-order valence-corrected chi connectivity index (χ2v) is 8.39. The van der Waals surface area contributed by atoms with E-state index >= 15 is 0 Å². The molecule has 1 aliphatic heterocycles. The fraction of sp³-hybridized carbons (Fsp3) is 0.500. The Balaban J connectivity index is 1.71. The van der Waals surface area contributed by atoms with Crippen LogP contribution < -0.4 is 0 Å². The van der Waals surface area contributed by atoms with E-state index in [1.165, 1.54) is 5.56 Å². The Kier molecular flexibility index (Phi) is 5.24. The molecule has 3 rings (SSSR count). The molecule has 4 nitrogen and oxygen atoms in total. The average Bonchev–Trinajstić information content (AvgIpc) is 3.04. The average molecular weight is 355 g/mol. The monoisotopic (exact) mass is 355 g/mol. The van der Waals surface area contributed by atoms with Gasteiger partial charge in [-0.2, -0.15) is 0 Å². The van der Waals surface area contributed by atoms with Crippen LogP contribution in [0.4, 0.5) is 0 Å². The molecule has 0 saturated carbocycles. The van der Waals surface area contributed by atoms with Crippen molar-refractivity contribution in [1.82, 2.24) is 4.90 Å². The van der Waals surface area contributed by atoms with Crippen LogP contribution in [0.15, 0.2) is 40.8 Å². The van der Waals surface area contributed by atoms with Crippen LogP contribution in [0.2, 0.25) is 0 Å². The number of hydrogen-bond donors (Lipinski definition) is 1. The lowest BCUT2D eigenvalue weighted by atomic mass is 9.86. The van der Waals surface area contributed by atoms with Gasteiger partial charge in [-0.05, 0) is 49.4 Å². The van der Waals surface area contributed by atoms with E-state index in [4.69, 9.17) is 4.42 Å². The number of benzene rings is 1. The van der Waals surface area contributed by atoms with E-state index in [2.05, 4.69) is 49.9 Å². The molecule has 1 saturated heterocycles. The van der Waals surface area contributed by atoms with Gasteiger partial charge in [-0.25, -0.2) is 0 Å². The molecule has 1 aliphatic rings. The van der Waals surface area contributed by atoms with Gasteiger partial charge < -0.3 is 9.52 Å². The summed E-state index contributed by atoms with van der Waals surface area (Å²) in [5, 5.41) is 9.37. The first-order chi connectivity index (χ1) is 12.3. The van der Waals surface area contributed by atoms with E-state index in [1.54, 1.807) is 0 Å². The second-order valence-electron chi connectivity index (χ2n) is 8.39. The van der Waals surface area contributed by atoms with Crippen LogP contribution >= 0.6 is 0 Å². The molecule has 2 atom stereocenters. The summed E-state index contributed by atoms with van der Waals surface area (Å²) in [7, 11) is 0. The third-order valence-electron chi connectivity index (χ3n) is 5.49. The first-order valence-electron chi connectivity index (χ1n) is 9.42. The van der Waals surface area contributed by atoms with Gasteiger partial charge in [0.05, 0.1) is 12.5 Å². The lowest BCUT2D eigenvalue weighted by Crippen LogP contribution is -2.45. The zero-order valence-electron chi connectivity index (χ0n) is 16.2. The van der Waals surface area contributed by atoms with Crippen LogP contribution in [0.25, 0.3) is 11.3 Å². The van der Waals surface area contributed by atoms with Gasteiger partial charge in [0.2, 0.25) is 0 Å². The van der Waals surface area contributed by atoms with E-state index in [9.17, 15) is 9.90 Å². The zero-order valence-corrected chi connectivity index (χ0v) is 16.2. The highest BCUT2D eigenvalue weighted by Crippen LogP contribution is 2.29. The van der Waals surface area contributed by atoms with Crippen LogP contribution in [0.1, 0.15) is 51.9 Å². The van der Waals surface area contributed by atoms with Crippen LogP contribution in [-0.4, -0.2) is 28.6 Å². The molecule has 1 fully saturated rings. The molecule has 0 unspecified atom stereocenters. The van der Waals surface area contributed by atoms with Crippen LogP contribution in [0.5, 0.6) is 0 Å². The molecular weight excluding hydrogens is 326 g/mol. The molecule has 2 aromatic rings. The van der Waals surface area contributed by atoms with Crippen LogP contribution in [0, 0.1) is 5.92 Å². The van der Waals surface area contributed by atoms with Gasteiger partial charge in [0.25, 0.3) is 0 Å². The third kappa shape index (κ3) is 4.01. The smallest absolute Gasteiger partial charge is 0.308 e. The number of rotatable bonds is 4. The molecular formula is C22H29NO3. The fourth-order valence-corrected chi connectivity index (χ4v) is 3.72. The number of carboxylic acid groups (broad SMARTS) is 1. The van der Waals surface area contributed by atoms with E-state index in [1.807, 2.05) is 19.1 Å². The summed E-state index contributed by atoms with van der Waals surface area (Å²) in [4.78, 5) is 13.6. The van der Waals surface area contributed by atoms with Crippen molar-refractivity contribution in [1.29, 1.82) is 0 Å². The standard InChI is InChI=1S/C22H29NO3/c1-15-19(21(24)25)6-5-13-23(15)14-18-11-12-20(26-18)16-7-9-17(10-8-16)22(2,3)4/h7-12,15,19H,5-6,13-14H2,1-4H3,(H,24,25)/t15-,19-/m1/s1. The molecule has 0 bridgehead atoms. The van der Waals surface area contributed by atoms with Crippen molar-refractivity contribution in [3.05, 3.63) is 47.7 Å². The Morgan fingerprint density at radius 3 is 2.50 bits per heavy atom. The molecule has 0 radical (unpaired) electrons. The second kappa shape index (κ2) is 7.28. The predicted molar refractivity (Wildman–Crippen MR) is 103 cm³/mol. The zero-order chi connectivity index (χ0) is 18.9. The maximum atomic E-state index is 11.4. The highest BCUT2D eigenvalue weighted by atomic mass is 16.4. The molecule has 0 aliphatic carbocycles. The fourth-order valence-electron chi connectivity index (χ4n) is 3.72. The number of hydrogen-bond acceptors (Lipinski definition) is 3. The third-order valence-corrected chi connectivity index (χ3v) is 5.49. The van der Waals surface area contributed by atoms with Gasteiger partial charge in [-0.1, -0.05) is 45.0 Å². The van der Waals surface area contributed by atoms with E-state index in [-0.39, 0.29) is 17.4 Å². The molecule has 1 aromatic heterocycles. The SMILES string of the molecule is C[C@@H]1[C@H](C(=O)O)CCCN1Cc1ccc(-c2ccc(C(C)(C)C)cc2)o1. The quantitative estimate of drug-likeness (QED) is 0.845. The molecule has 0 amide bonds. The number of nitrogens with zero attached hydrogens (tertiary/aromatic N) is 1. The minimum absolute atomic E-state index is 0.0286. The Morgan fingerprint density at radius 1 is 1.19 bits per heavy atom. The summed E-state index contributed by atoms with van der Waals surface area (Å²) in [5.74, 6) is 0.766. The summed E-state index contributed by atoms with van der Waals surface area (Å²) >= 11 is 0. The van der Waals surface area contributed by atoms with Crippen molar-refractivity contribution < 1.29 is 14.3 Å². The van der Waals surface area contributed by atoms with E-state index in [0.717, 1.165) is 36.5 Å². The summed E-state index contributed by atoms with van der Waals surface area (Å²) in [5.41, 5.74) is 2.51. The number of likely N-dealkylation sites (tertiary alicyclic amines) is 1. The van der Waals surface area contributed by atoms with Gasteiger partial charge in [-0.3, -0.25) is 9.69 Å². The molecule has 1 N–H and O–H groups in total. The normalized spacial score (nSPS) is 21.7. The molecule has 1 aromatic carbocycles. The van der Waals surface area contributed by atoms with Crippen LogP contribution in [-0.2, 0) is 16.8 Å². The Morgan fingerprint density at radius 2 is 1.88 bits per heavy atom. The van der Waals surface area contributed by atoms with Gasteiger partial charge in [0.1, 0.15) is 11.5 Å². The molecule has 26 heavy (non-hydrogen) atoms. The van der Waals surface area contributed by atoms with Gasteiger partial charge in [0.15, 0.2) is 0 Å². The molecule has 140 valence electrons. The van der Waals surface area contributed by atoms with Crippen molar-refractivity contribution in [3.8, 4) is 11.3 Å². The van der Waals surface area contributed by atoms with E-state index < -0.39 is 5.97 Å². The number of carbonyl (C=O) groups is 1. The van der Waals surface area contributed by atoms with Crippen molar-refractivity contribution in [2.75, 3.05) is 6.54 Å². The number of piperidine rings is 1. The highest BCUT2D eigenvalue weighted by molar-refractivity contribution is 5.71. The largest absolute Gasteiger partial charge is 0.481 e. The van der Waals surface area contributed by atoms with E-state index in [0.29, 0.717) is 6.54 Å². The number of aliphatic carboxylic acids is 1. The Hall–Kier alpha value is -2.07. The lowest BCUT2D eigenvalue weighted by Gasteiger charge is -2.36. The molecule has 2 heterocycles. The predicted octanol–water partition coefficient (Wildman–Crippen LogP) is 4.93.